The number of hydrogen-bond acceptors (Lipinski definition) is 5. The topological polar surface area (TPSA) is 51.5 Å². The van der Waals surface area contributed by atoms with E-state index in [1.807, 2.05) is 6.92 Å². The molecule has 6 nitrogen and oxygen atoms in total. The Kier molecular flexibility index (Phi) is 5.18. The van der Waals surface area contributed by atoms with Crippen LogP contribution < -0.4 is 5.32 Å². The fourth-order valence-corrected chi connectivity index (χ4v) is 2.29. The highest BCUT2D eigenvalue weighted by Gasteiger charge is 2.19. The summed E-state index contributed by atoms with van der Waals surface area (Å²) in [5, 5.41) is 3.29. The standard InChI is InChI=1S/C13H24N4O2/c1-11-8-17(13(15-11)14-4-6-18-3)10-12-9-16(2)5-7-19-12/h8,12H,4-7,9-10H2,1-3H3,(H,14,15). The largest absolute Gasteiger partial charge is 0.383 e. The molecule has 0 aromatic carbocycles. The number of ether oxygens (including phenoxy) is 2. The van der Waals surface area contributed by atoms with Gasteiger partial charge in [0.05, 0.1) is 31.6 Å². The van der Waals surface area contributed by atoms with Crippen LogP contribution in [0.15, 0.2) is 6.20 Å². The first kappa shape index (κ1) is 14.3. The second-order valence-electron chi connectivity index (χ2n) is 5.03. The van der Waals surface area contributed by atoms with Gasteiger partial charge in [0.2, 0.25) is 5.95 Å². The van der Waals surface area contributed by atoms with E-state index >= 15 is 0 Å². The number of hydrogen-bond donors (Lipinski definition) is 1. The second-order valence-corrected chi connectivity index (χ2v) is 5.03. The van der Waals surface area contributed by atoms with Gasteiger partial charge in [-0.3, -0.25) is 0 Å². The third-order valence-corrected chi connectivity index (χ3v) is 3.23. The lowest BCUT2D eigenvalue weighted by Gasteiger charge is -2.30. The summed E-state index contributed by atoms with van der Waals surface area (Å²) in [6.45, 7) is 7.06. The molecule has 1 aliphatic rings. The molecule has 1 aliphatic heterocycles. The second kappa shape index (κ2) is 6.88. The predicted octanol–water partition coefficient (Wildman–Crippen LogP) is 0.580. The first-order chi connectivity index (χ1) is 9.19. The van der Waals surface area contributed by atoms with E-state index in [1.165, 1.54) is 0 Å². The monoisotopic (exact) mass is 268 g/mol. The molecule has 6 heteroatoms. The Labute approximate surface area is 114 Å². The van der Waals surface area contributed by atoms with E-state index in [0.29, 0.717) is 6.61 Å². The zero-order valence-corrected chi connectivity index (χ0v) is 12.1. The summed E-state index contributed by atoms with van der Waals surface area (Å²) in [6.07, 6.45) is 2.29. The van der Waals surface area contributed by atoms with E-state index in [0.717, 1.165) is 44.4 Å². The lowest BCUT2D eigenvalue weighted by atomic mass is 10.3. The van der Waals surface area contributed by atoms with Gasteiger partial charge < -0.3 is 24.3 Å². The first-order valence-electron chi connectivity index (χ1n) is 6.75. The Bertz CT molecular complexity index is 394. The van der Waals surface area contributed by atoms with Gasteiger partial charge in [0.15, 0.2) is 0 Å². The number of nitrogens with zero attached hydrogens (tertiary/aromatic N) is 3. The van der Waals surface area contributed by atoms with Gasteiger partial charge in [-0.05, 0) is 14.0 Å². The summed E-state index contributed by atoms with van der Waals surface area (Å²) in [7, 11) is 3.83. The van der Waals surface area contributed by atoms with Gasteiger partial charge in [-0.25, -0.2) is 4.98 Å². The maximum atomic E-state index is 5.80. The lowest BCUT2D eigenvalue weighted by molar-refractivity contribution is -0.0272. The van der Waals surface area contributed by atoms with Gasteiger partial charge in [0.1, 0.15) is 0 Å². The van der Waals surface area contributed by atoms with Gasteiger partial charge in [0, 0.05) is 32.9 Å². The number of likely N-dealkylation sites (N-methyl/N-ethyl adjacent to an activating group) is 1. The smallest absolute Gasteiger partial charge is 0.203 e. The van der Waals surface area contributed by atoms with Crippen LogP contribution in [-0.2, 0) is 16.0 Å². The lowest BCUT2D eigenvalue weighted by Crippen LogP contribution is -2.42. The first-order valence-corrected chi connectivity index (χ1v) is 6.75. The Balaban J connectivity index is 1.94. The van der Waals surface area contributed by atoms with E-state index in [4.69, 9.17) is 9.47 Å². The van der Waals surface area contributed by atoms with Crippen LogP contribution in [0.25, 0.3) is 0 Å². The highest BCUT2D eigenvalue weighted by atomic mass is 16.5. The van der Waals surface area contributed by atoms with Gasteiger partial charge in [-0.2, -0.15) is 0 Å². The third-order valence-electron chi connectivity index (χ3n) is 3.23. The molecular formula is C13H24N4O2. The van der Waals surface area contributed by atoms with Crippen molar-refractivity contribution in [2.24, 2.45) is 0 Å². The minimum Gasteiger partial charge on any atom is -0.383 e. The molecule has 2 heterocycles. The normalized spacial score (nSPS) is 20.7. The van der Waals surface area contributed by atoms with E-state index in [1.54, 1.807) is 7.11 Å². The van der Waals surface area contributed by atoms with Crippen LogP contribution in [0.4, 0.5) is 5.95 Å². The van der Waals surface area contributed by atoms with Crippen molar-refractivity contribution in [2.75, 3.05) is 52.3 Å². The quantitative estimate of drug-likeness (QED) is 0.765. The van der Waals surface area contributed by atoms with Gasteiger partial charge in [-0.1, -0.05) is 0 Å². The zero-order chi connectivity index (χ0) is 13.7. The SMILES string of the molecule is COCCNc1nc(C)cn1CC1CN(C)CCO1. The fraction of sp³-hybridized carbons (Fsp3) is 0.769. The molecule has 1 fully saturated rings. The van der Waals surface area contributed by atoms with Crippen LogP contribution in [0.3, 0.4) is 0 Å². The van der Waals surface area contributed by atoms with Crippen molar-refractivity contribution in [3.05, 3.63) is 11.9 Å². The number of aryl methyl sites for hydroxylation is 1. The highest BCUT2D eigenvalue weighted by molar-refractivity contribution is 5.28. The number of aromatic nitrogens is 2. The molecule has 0 bridgehead atoms. The number of nitrogens with one attached hydrogen (secondary N) is 1. The number of imidazole rings is 1. The fourth-order valence-electron chi connectivity index (χ4n) is 2.29. The van der Waals surface area contributed by atoms with Crippen LogP contribution in [0.2, 0.25) is 0 Å². The van der Waals surface area contributed by atoms with Crippen LogP contribution >= 0.6 is 0 Å². The van der Waals surface area contributed by atoms with Crippen molar-refractivity contribution >= 4 is 5.95 Å². The Hall–Kier alpha value is -1.11. The Morgan fingerprint density at radius 2 is 2.42 bits per heavy atom. The summed E-state index contributed by atoms with van der Waals surface area (Å²) in [4.78, 5) is 6.80. The van der Waals surface area contributed by atoms with Crippen LogP contribution in [0.1, 0.15) is 5.69 Å². The third kappa shape index (κ3) is 4.19. The molecule has 1 atom stereocenters. The molecule has 2 rings (SSSR count). The highest BCUT2D eigenvalue weighted by Crippen LogP contribution is 2.12. The van der Waals surface area contributed by atoms with Crippen molar-refractivity contribution in [2.45, 2.75) is 19.6 Å². The summed E-state index contributed by atoms with van der Waals surface area (Å²) < 4.78 is 13.0. The Morgan fingerprint density at radius 3 is 3.16 bits per heavy atom. The van der Waals surface area contributed by atoms with Crippen molar-refractivity contribution in [1.29, 1.82) is 0 Å². The molecular weight excluding hydrogens is 244 g/mol. The molecule has 1 unspecified atom stereocenters. The molecule has 0 spiro atoms. The maximum Gasteiger partial charge on any atom is 0.203 e. The van der Waals surface area contributed by atoms with Gasteiger partial charge >= 0.3 is 0 Å². The number of morpholine rings is 1. The molecule has 108 valence electrons. The predicted molar refractivity (Wildman–Crippen MR) is 74.6 cm³/mol. The van der Waals surface area contributed by atoms with Gasteiger partial charge in [0.25, 0.3) is 0 Å². The summed E-state index contributed by atoms with van der Waals surface area (Å²) in [5.74, 6) is 0.895. The number of anilines is 1. The van der Waals surface area contributed by atoms with Gasteiger partial charge in [-0.15, -0.1) is 0 Å². The van der Waals surface area contributed by atoms with Crippen LogP contribution in [0, 0.1) is 6.92 Å². The van der Waals surface area contributed by atoms with E-state index < -0.39 is 0 Å². The molecule has 1 saturated heterocycles. The molecule has 0 amide bonds. The minimum absolute atomic E-state index is 0.232. The molecule has 1 aromatic heterocycles. The molecule has 19 heavy (non-hydrogen) atoms. The van der Waals surface area contributed by atoms with Crippen molar-refractivity contribution in [3.8, 4) is 0 Å². The van der Waals surface area contributed by atoms with E-state index in [2.05, 4.69) is 33.0 Å². The molecule has 1 N–H and O–H groups in total. The maximum absolute atomic E-state index is 5.80. The molecule has 0 aliphatic carbocycles. The van der Waals surface area contributed by atoms with E-state index in [-0.39, 0.29) is 6.10 Å². The van der Waals surface area contributed by atoms with Crippen molar-refractivity contribution < 1.29 is 9.47 Å². The summed E-state index contributed by atoms with van der Waals surface area (Å²) in [6, 6.07) is 0. The van der Waals surface area contributed by atoms with E-state index in [9.17, 15) is 0 Å². The average molecular weight is 268 g/mol. The van der Waals surface area contributed by atoms with Crippen LogP contribution in [-0.4, -0.2) is 67.6 Å². The zero-order valence-electron chi connectivity index (χ0n) is 12.1. The number of methoxy groups -OCH3 is 1. The number of rotatable bonds is 6. The van der Waals surface area contributed by atoms with Crippen LogP contribution in [0.5, 0.6) is 0 Å². The Morgan fingerprint density at radius 1 is 1.58 bits per heavy atom. The molecule has 0 radical (unpaired) electrons. The molecule has 1 aromatic rings. The summed E-state index contributed by atoms with van der Waals surface area (Å²) >= 11 is 0. The average Bonchev–Trinajstić information content (AvgIpc) is 2.70. The minimum atomic E-state index is 0.232. The van der Waals surface area contributed by atoms with Crippen molar-refractivity contribution in [3.63, 3.8) is 0 Å². The molecule has 0 saturated carbocycles. The van der Waals surface area contributed by atoms with Crippen molar-refractivity contribution in [1.82, 2.24) is 14.5 Å². The summed E-state index contributed by atoms with van der Waals surface area (Å²) in [5.41, 5.74) is 1.02.